The molecule has 17 heavy (non-hydrogen) atoms. The van der Waals surface area contributed by atoms with E-state index in [1.54, 1.807) is 13.0 Å². The molecule has 0 heterocycles. The number of aryl methyl sites for hydroxylation is 1. The zero-order chi connectivity index (χ0) is 12.9. The number of nitrogens with zero attached hydrogens (tertiary/aromatic N) is 1. The van der Waals surface area contributed by atoms with Gasteiger partial charge < -0.3 is 5.32 Å². The van der Waals surface area contributed by atoms with Gasteiger partial charge in [-0.3, -0.25) is 0 Å². The van der Waals surface area contributed by atoms with Gasteiger partial charge >= 0.3 is 0 Å². The molecule has 0 amide bonds. The third-order valence-corrected chi connectivity index (χ3v) is 2.86. The van der Waals surface area contributed by atoms with Gasteiger partial charge in [0.15, 0.2) is 0 Å². The summed E-state index contributed by atoms with van der Waals surface area (Å²) in [6, 6.07) is 7.30. The Morgan fingerprint density at radius 3 is 2.71 bits per heavy atom. The minimum Gasteiger partial charge on any atom is -0.384 e. The second-order valence-electron chi connectivity index (χ2n) is 5.14. The lowest BCUT2D eigenvalue weighted by molar-refractivity contribution is 0.363. The molecule has 3 heteroatoms. The lowest BCUT2D eigenvalue weighted by Gasteiger charge is -2.24. The van der Waals surface area contributed by atoms with Crippen LogP contribution >= 0.6 is 0 Å². The predicted molar refractivity (Wildman–Crippen MR) is 68.3 cm³/mol. The smallest absolute Gasteiger partial charge is 0.128 e. The standard InChI is InChI=1S/C14H19FN2/c1-11-5-6-12(9-13(11)15)17-10-14(2,3)7-4-8-16/h5-6,9,17H,4,7,10H2,1-3H3. The SMILES string of the molecule is Cc1ccc(NCC(C)(C)CCC#N)cc1F. The molecule has 0 aliphatic rings. The molecular weight excluding hydrogens is 215 g/mol. The second-order valence-corrected chi connectivity index (χ2v) is 5.14. The number of rotatable bonds is 5. The third kappa shape index (κ3) is 4.44. The third-order valence-electron chi connectivity index (χ3n) is 2.86. The predicted octanol–water partition coefficient (Wildman–Crippen LogP) is 3.88. The Balaban J connectivity index is 2.55. The van der Waals surface area contributed by atoms with Crippen LogP contribution < -0.4 is 5.32 Å². The maximum Gasteiger partial charge on any atom is 0.128 e. The van der Waals surface area contributed by atoms with Crippen molar-refractivity contribution >= 4 is 5.69 Å². The summed E-state index contributed by atoms with van der Waals surface area (Å²) in [4.78, 5) is 0. The van der Waals surface area contributed by atoms with E-state index in [1.165, 1.54) is 6.07 Å². The molecule has 0 saturated heterocycles. The fourth-order valence-corrected chi connectivity index (χ4v) is 1.53. The highest BCUT2D eigenvalue weighted by Gasteiger charge is 2.17. The summed E-state index contributed by atoms with van der Waals surface area (Å²) in [7, 11) is 0. The highest BCUT2D eigenvalue weighted by Crippen LogP contribution is 2.23. The van der Waals surface area contributed by atoms with E-state index in [2.05, 4.69) is 25.2 Å². The summed E-state index contributed by atoms with van der Waals surface area (Å²) >= 11 is 0. The van der Waals surface area contributed by atoms with Crippen molar-refractivity contribution in [2.24, 2.45) is 5.41 Å². The molecular formula is C14H19FN2. The molecule has 0 saturated carbocycles. The lowest BCUT2D eigenvalue weighted by Crippen LogP contribution is -2.22. The van der Waals surface area contributed by atoms with E-state index in [-0.39, 0.29) is 11.2 Å². The Kier molecular flexibility index (Phi) is 4.51. The molecule has 0 atom stereocenters. The van der Waals surface area contributed by atoms with E-state index in [0.717, 1.165) is 18.7 Å². The molecule has 0 aliphatic heterocycles. The van der Waals surface area contributed by atoms with E-state index < -0.39 is 0 Å². The summed E-state index contributed by atoms with van der Waals surface area (Å²) < 4.78 is 13.3. The number of benzene rings is 1. The van der Waals surface area contributed by atoms with Gasteiger partial charge in [-0.25, -0.2) is 4.39 Å². The molecule has 0 spiro atoms. The zero-order valence-corrected chi connectivity index (χ0v) is 10.7. The van der Waals surface area contributed by atoms with Crippen LogP contribution in [-0.2, 0) is 0 Å². The molecule has 2 nitrogen and oxygen atoms in total. The Labute approximate surface area is 102 Å². The molecule has 0 bridgehead atoms. The van der Waals surface area contributed by atoms with Crippen LogP contribution in [0, 0.1) is 29.5 Å². The second kappa shape index (κ2) is 5.67. The van der Waals surface area contributed by atoms with Crippen LogP contribution in [0.5, 0.6) is 0 Å². The van der Waals surface area contributed by atoms with Gasteiger partial charge in [0.1, 0.15) is 5.82 Å². The summed E-state index contributed by atoms with van der Waals surface area (Å²) in [6.45, 7) is 6.68. The van der Waals surface area contributed by atoms with Crippen molar-refractivity contribution in [1.82, 2.24) is 0 Å². The van der Waals surface area contributed by atoms with Gasteiger partial charge in [0.25, 0.3) is 0 Å². The quantitative estimate of drug-likeness (QED) is 0.839. The molecule has 1 rings (SSSR count). The summed E-state index contributed by atoms with van der Waals surface area (Å²) in [5.41, 5.74) is 1.48. The van der Waals surface area contributed by atoms with E-state index >= 15 is 0 Å². The average Bonchev–Trinajstić information content (AvgIpc) is 2.28. The van der Waals surface area contributed by atoms with Crippen LogP contribution in [0.1, 0.15) is 32.3 Å². The van der Waals surface area contributed by atoms with Crippen LogP contribution in [0.3, 0.4) is 0 Å². The van der Waals surface area contributed by atoms with Crippen LogP contribution in [0.15, 0.2) is 18.2 Å². The van der Waals surface area contributed by atoms with E-state index in [9.17, 15) is 4.39 Å². The van der Waals surface area contributed by atoms with Crippen molar-refractivity contribution in [3.05, 3.63) is 29.6 Å². The van der Waals surface area contributed by atoms with Gasteiger partial charge in [-0.1, -0.05) is 19.9 Å². The zero-order valence-electron chi connectivity index (χ0n) is 10.7. The van der Waals surface area contributed by atoms with E-state index in [1.807, 2.05) is 6.07 Å². The molecule has 0 aliphatic carbocycles. The topological polar surface area (TPSA) is 35.8 Å². The van der Waals surface area contributed by atoms with Crippen LogP contribution in [0.4, 0.5) is 10.1 Å². The number of hydrogen-bond acceptors (Lipinski definition) is 2. The monoisotopic (exact) mass is 234 g/mol. The molecule has 0 fully saturated rings. The minimum atomic E-state index is -0.190. The first kappa shape index (κ1) is 13.5. The van der Waals surface area contributed by atoms with Crippen LogP contribution in [0.25, 0.3) is 0 Å². The molecule has 1 N–H and O–H groups in total. The van der Waals surface area contributed by atoms with Gasteiger partial charge in [0.2, 0.25) is 0 Å². The number of nitriles is 1. The van der Waals surface area contributed by atoms with Crippen LogP contribution in [-0.4, -0.2) is 6.54 Å². The maximum absolute atomic E-state index is 13.3. The van der Waals surface area contributed by atoms with E-state index in [4.69, 9.17) is 5.26 Å². The number of anilines is 1. The number of halogens is 1. The average molecular weight is 234 g/mol. The first-order valence-electron chi connectivity index (χ1n) is 5.81. The van der Waals surface area contributed by atoms with Crippen molar-refractivity contribution in [3.8, 4) is 6.07 Å². The maximum atomic E-state index is 13.3. The fourth-order valence-electron chi connectivity index (χ4n) is 1.53. The Hall–Kier alpha value is -1.56. The lowest BCUT2D eigenvalue weighted by atomic mass is 9.88. The fraction of sp³-hybridized carbons (Fsp3) is 0.500. The minimum absolute atomic E-state index is 0.0388. The summed E-state index contributed by atoms with van der Waals surface area (Å²) in [5, 5.41) is 11.8. The molecule has 1 aromatic carbocycles. The highest BCUT2D eigenvalue weighted by molar-refractivity contribution is 5.45. The molecule has 0 unspecified atom stereocenters. The summed E-state index contributed by atoms with van der Waals surface area (Å²) in [6.07, 6.45) is 1.39. The van der Waals surface area contributed by atoms with Gasteiger partial charge in [0, 0.05) is 18.7 Å². The van der Waals surface area contributed by atoms with Gasteiger partial charge in [-0.15, -0.1) is 0 Å². The first-order valence-corrected chi connectivity index (χ1v) is 5.81. The van der Waals surface area contributed by atoms with Crippen molar-refractivity contribution < 1.29 is 4.39 Å². The number of nitrogens with one attached hydrogen (secondary N) is 1. The van der Waals surface area contributed by atoms with Crippen molar-refractivity contribution in [1.29, 1.82) is 5.26 Å². The Morgan fingerprint density at radius 2 is 2.12 bits per heavy atom. The Bertz CT molecular complexity index is 419. The Morgan fingerprint density at radius 1 is 1.41 bits per heavy atom. The summed E-state index contributed by atoms with van der Waals surface area (Å²) in [5.74, 6) is -0.190. The molecule has 0 aromatic heterocycles. The van der Waals surface area contributed by atoms with Crippen molar-refractivity contribution in [2.75, 3.05) is 11.9 Å². The molecule has 1 aromatic rings. The largest absolute Gasteiger partial charge is 0.384 e. The molecule has 0 radical (unpaired) electrons. The van der Waals surface area contributed by atoms with Crippen molar-refractivity contribution in [3.63, 3.8) is 0 Å². The van der Waals surface area contributed by atoms with Gasteiger partial charge in [-0.05, 0) is 36.5 Å². The van der Waals surface area contributed by atoms with E-state index in [0.29, 0.717) is 12.0 Å². The number of hydrogen-bond donors (Lipinski definition) is 1. The molecule has 92 valence electrons. The van der Waals surface area contributed by atoms with Gasteiger partial charge in [0.05, 0.1) is 6.07 Å². The van der Waals surface area contributed by atoms with Gasteiger partial charge in [-0.2, -0.15) is 5.26 Å². The van der Waals surface area contributed by atoms with Crippen molar-refractivity contribution in [2.45, 2.75) is 33.6 Å². The first-order chi connectivity index (χ1) is 7.94. The highest BCUT2D eigenvalue weighted by atomic mass is 19.1. The normalized spacial score (nSPS) is 11.0. The van der Waals surface area contributed by atoms with Crippen LogP contribution in [0.2, 0.25) is 0 Å².